The van der Waals surface area contributed by atoms with Crippen molar-refractivity contribution in [2.24, 2.45) is 0 Å². The van der Waals surface area contributed by atoms with Crippen LogP contribution in [0.3, 0.4) is 0 Å². The number of nitrogens with zero attached hydrogens (tertiary/aromatic N) is 3. The summed E-state index contributed by atoms with van der Waals surface area (Å²) in [5.41, 5.74) is 1.90. The van der Waals surface area contributed by atoms with E-state index in [1.54, 1.807) is 6.20 Å². The van der Waals surface area contributed by atoms with E-state index < -0.39 is 0 Å². The molecule has 0 aliphatic carbocycles. The summed E-state index contributed by atoms with van der Waals surface area (Å²) in [5.74, 6) is -0.207. The van der Waals surface area contributed by atoms with E-state index in [4.69, 9.17) is 0 Å². The van der Waals surface area contributed by atoms with Gasteiger partial charge in [-0.25, -0.2) is 9.97 Å². The first-order chi connectivity index (χ1) is 9.22. The van der Waals surface area contributed by atoms with Crippen LogP contribution in [0.4, 0.5) is 0 Å². The quantitative estimate of drug-likeness (QED) is 0.476. The molecule has 0 radical (unpaired) electrons. The second kappa shape index (κ2) is 6.38. The van der Waals surface area contributed by atoms with Gasteiger partial charge in [0.05, 0.1) is 19.2 Å². The molecular weight excluding hydrogens is 262 g/mol. The summed E-state index contributed by atoms with van der Waals surface area (Å²) in [6.45, 7) is 0.604. The molecule has 0 aliphatic rings. The monoisotopic (exact) mass is 277 g/mol. The third-order valence-electron chi connectivity index (χ3n) is 2.66. The van der Waals surface area contributed by atoms with Gasteiger partial charge in [-0.3, -0.25) is 4.79 Å². The Morgan fingerprint density at radius 1 is 1.47 bits per heavy atom. The summed E-state index contributed by atoms with van der Waals surface area (Å²) in [6, 6.07) is 3.85. The van der Waals surface area contributed by atoms with E-state index in [-0.39, 0.29) is 5.97 Å². The van der Waals surface area contributed by atoms with Crippen LogP contribution in [-0.4, -0.2) is 33.9 Å². The lowest BCUT2D eigenvalue weighted by molar-refractivity contribution is -0.140. The number of rotatable bonds is 5. The summed E-state index contributed by atoms with van der Waals surface area (Å²) in [4.78, 5) is 19.7. The molecule has 0 spiro atoms. The van der Waals surface area contributed by atoms with E-state index in [9.17, 15) is 4.79 Å². The lowest BCUT2D eigenvalue weighted by atomic mass is 10.2. The Bertz CT molecular complexity index is 569. The van der Waals surface area contributed by atoms with Crippen LogP contribution in [0.25, 0.3) is 11.3 Å². The smallest absolute Gasteiger partial charge is 0.307 e. The topological polar surface area (TPSA) is 57.0 Å². The molecule has 6 heteroatoms. The van der Waals surface area contributed by atoms with Crippen molar-refractivity contribution in [2.45, 2.75) is 18.1 Å². The predicted molar refractivity (Wildman–Crippen MR) is 73.9 cm³/mol. The fourth-order valence-electron chi connectivity index (χ4n) is 1.65. The van der Waals surface area contributed by atoms with Gasteiger partial charge in [0.1, 0.15) is 0 Å². The van der Waals surface area contributed by atoms with Crippen LogP contribution >= 0.6 is 11.8 Å². The van der Waals surface area contributed by atoms with Gasteiger partial charge in [-0.15, -0.1) is 0 Å². The molecule has 0 N–H and O–H groups in total. The molecule has 2 aromatic heterocycles. The highest BCUT2D eigenvalue weighted by atomic mass is 32.2. The number of methoxy groups -OCH3 is 1. The summed E-state index contributed by atoms with van der Waals surface area (Å²) in [7, 11) is 1.40. The molecule has 2 rings (SSSR count). The number of hydrogen-bond donors (Lipinski definition) is 0. The fourth-order valence-corrected chi connectivity index (χ4v) is 2.01. The van der Waals surface area contributed by atoms with Crippen molar-refractivity contribution >= 4 is 17.7 Å². The molecular formula is C13H15N3O2S. The van der Waals surface area contributed by atoms with Crippen LogP contribution < -0.4 is 0 Å². The number of esters is 1. The van der Waals surface area contributed by atoms with Crippen molar-refractivity contribution in [1.82, 2.24) is 14.5 Å². The van der Waals surface area contributed by atoms with Crippen molar-refractivity contribution in [1.29, 1.82) is 0 Å². The third kappa shape index (κ3) is 3.57. The maximum absolute atomic E-state index is 11.1. The number of carbonyl (C=O) groups is 1. The molecule has 5 nitrogen and oxygen atoms in total. The van der Waals surface area contributed by atoms with Gasteiger partial charge in [0.25, 0.3) is 0 Å². The minimum absolute atomic E-state index is 0.207. The Kier molecular flexibility index (Phi) is 4.57. The lowest BCUT2D eigenvalue weighted by Gasteiger charge is -2.01. The van der Waals surface area contributed by atoms with Gasteiger partial charge in [-0.2, -0.15) is 0 Å². The maximum Gasteiger partial charge on any atom is 0.307 e. The van der Waals surface area contributed by atoms with E-state index in [1.165, 1.54) is 18.9 Å². The Morgan fingerprint density at radius 3 is 3.05 bits per heavy atom. The normalized spacial score (nSPS) is 10.4. The first kappa shape index (κ1) is 13.6. The van der Waals surface area contributed by atoms with Crippen LogP contribution in [0.2, 0.25) is 0 Å². The van der Waals surface area contributed by atoms with Gasteiger partial charge >= 0.3 is 5.97 Å². The van der Waals surface area contributed by atoms with Crippen molar-refractivity contribution in [3.05, 3.63) is 30.7 Å². The maximum atomic E-state index is 11.1. The van der Waals surface area contributed by atoms with Crippen LogP contribution in [-0.2, 0) is 16.1 Å². The van der Waals surface area contributed by atoms with Crippen LogP contribution in [0, 0.1) is 0 Å². The Balaban J connectivity index is 2.09. The fraction of sp³-hybridized carbons (Fsp3) is 0.308. The van der Waals surface area contributed by atoms with Gasteiger partial charge in [0.2, 0.25) is 0 Å². The van der Waals surface area contributed by atoms with Crippen LogP contribution in [0.1, 0.15) is 6.42 Å². The van der Waals surface area contributed by atoms with E-state index in [0.29, 0.717) is 13.0 Å². The van der Waals surface area contributed by atoms with E-state index in [2.05, 4.69) is 14.7 Å². The first-order valence-electron chi connectivity index (χ1n) is 5.83. The van der Waals surface area contributed by atoms with Crippen LogP contribution in [0.5, 0.6) is 0 Å². The number of ether oxygens (including phenoxy) is 1. The lowest BCUT2D eigenvalue weighted by Crippen LogP contribution is -2.05. The predicted octanol–water partition coefficient (Wildman–Crippen LogP) is 2.23. The third-order valence-corrected chi connectivity index (χ3v) is 3.23. The summed E-state index contributed by atoms with van der Waals surface area (Å²) >= 11 is 1.51. The first-order valence-corrected chi connectivity index (χ1v) is 7.05. The molecule has 0 fully saturated rings. The molecule has 19 heavy (non-hydrogen) atoms. The zero-order chi connectivity index (χ0) is 13.7. The highest BCUT2D eigenvalue weighted by Gasteiger charge is 2.05. The number of aryl methyl sites for hydroxylation is 1. The minimum atomic E-state index is -0.207. The van der Waals surface area contributed by atoms with Gasteiger partial charge in [-0.05, 0) is 18.4 Å². The Hall–Kier alpha value is -1.82. The van der Waals surface area contributed by atoms with Gasteiger partial charge in [0, 0.05) is 30.7 Å². The molecule has 0 saturated carbocycles. The van der Waals surface area contributed by atoms with Crippen molar-refractivity contribution < 1.29 is 9.53 Å². The second-order valence-corrected chi connectivity index (χ2v) is 4.67. The molecule has 2 aromatic rings. The number of thioether (sulfide) groups is 1. The molecule has 0 bridgehead atoms. The summed E-state index contributed by atoms with van der Waals surface area (Å²) in [5, 5.41) is 0.750. The molecule has 2 heterocycles. The number of carbonyl (C=O) groups excluding carboxylic acids is 1. The van der Waals surface area contributed by atoms with Crippen LogP contribution in [0.15, 0.2) is 35.9 Å². The van der Waals surface area contributed by atoms with Gasteiger partial charge in [0.15, 0.2) is 5.16 Å². The second-order valence-electron chi connectivity index (χ2n) is 3.89. The molecule has 0 unspecified atom stereocenters. The molecule has 0 aromatic carbocycles. The molecule has 0 amide bonds. The molecule has 0 saturated heterocycles. The standard InChI is InChI=1S/C13H15N3O2S/c1-18-12(17)5-8-16-7-4-10(9-16)11-3-6-14-13(15-11)19-2/h3-4,6-7,9H,5,8H2,1-2H3. The number of hydrogen-bond acceptors (Lipinski definition) is 5. The van der Waals surface area contributed by atoms with Crippen molar-refractivity contribution in [3.63, 3.8) is 0 Å². The average molecular weight is 277 g/mol. The Labute approximate surface area is 116 Å². The Morgan fingerprint density at radius 2 is 2.32 bits per heavy atom. The highest BCUT2D eigenvalue weighted by Crippen LogP contribution is 2.19. The zero-order valence-electron chi connectivity index (χ0n) is 10.9. The van der Waals surface area contributed by atoms with Gasteiger partial charge < -0.3 is 9.30 Å². The van der Waals surface area contributed by atoms with Crippen molar-refractivity contribution in [2.75, 3.05) is 13.4 Å². The zero-order valence-corrected chi connectivity index (χ0v) is 11.7. The highest BCUT2D eigenvalue weighted by molar-refractivity contribution is 7.98. The average Bonchev–Trinajstić information content (AvgIpc) is 2.93. The SMILES string of the molecule is COC(=O)CCn1ccc(-c2ccnc(SC)n2)c1. The van der Waals surface area contributed by atoms with Crippen molar-refractivity contribution in [3.8, 4) is 11.3 Å². The number of aromatic nitrogens is 3. The minimum Gasteiger partial charge on any atom is -0.469 e. The summed E-state index contributed by atoms with van der Waals surface area (Å²) < 4.78 is 6.57. The van der Waals surface area contributed by atoms with E-state index in [1.807, 2.05) is 35.3 Å². The molecule has 100 valence electrons. The van der Waals surface area contributed by atoms with Gasteiger partial charge in [-0.1, -0.05) is 11.8 Å². The van der Waals surface area contributed by atoms with E-state index >= 15 is 0 Å². The molecule has 0 atom stereocenters. The molecule has 0 aliphatic heterocycles. The largest absolute Gasteiger partial charge is 0.469 e. The summed E-state index contributed by atoms with van der Waals surface area (Å²) in [6.07, 6.45) is 7.96. The van der Waals surface area contributed by atoms with E-state index in [0.717, 1.165) is 16.4 Å².